The summed E-state index contributed by atoms with van der Waals surface area (Å²) in [5.41, 5.74) is 4.66. The van der Waals surface area contributed by atoms with Gasteiger partial charge in [0.05, 0.1) is 17.3 Å². The summed E-state index contributed by atoms with van der Waals surface area (Å²) in [7, 11) is 0. The molecule has 2 aromatic carbocycles. The molecule has 0 spiro atoms. The van der Waals surface area contributed by atoms with E-state index in [9.17, 15) is 24.6 Å². The van der Waals surface area contributed by atoms with Crippen LogP contribution in [0.2, 0.25) is 0 Å². The number of rotatable bonds is 7. The number of carbonyl (C=O) groups is 3. The molecule has 140 valence electrons. The lowest BCUT2D eigenvalue weighted by Crippen LogP contribution is -2.61. The van der Waals surface area contributed by atoms with Crippen LogP contribution in [0.1, 0.15) is 12.0 Å². The first-order valence-electron chi connectivity index (χ1n) is 8.41. The Morgan fingerprint density at radius 3 is 2.22 bits per heavy atom. The number of primary amides is 1. The Hall–Kier alpha value is -3.35. The maximum Gasteiger partial charge on any atom is 0.308 e. The largest absolute Gasteiger partial charge is 0.481 e. The number of benzene rings is 2. The van der Waals surface area contributed by atoms with Crippen LogP contribution in [-0.2, 0) is 20.8 Å². The van der Waals surface area contributed by atoms with Crippen molar-refractivity contribution in [1.82, 2.24) is 0 Å². The van der Waals surface area contributed by atoms with Gasteiger partial charge < -0.3 is 20.7 Å². The molecule has 0 aromatic heterocycles. The van der Waals surface area contributed by atoms with Crippen molar-refractivity contribution in [2.24, 2.45) is 23.0 Å². The van der Waals surface area contributed by atoms with Crippen LogP contribution >= 0.6 is 0 Å². The molecule has 2 aromatic rings. The number of hydrogen-bond donors (Lipinski definition) is 3. The van der Waals surface area contributed by atoms with Crippen molar-refractivity contribution < 1.29 is 29.3 Å². The van der Waals surface area contributed by atoms with Crippen molar-refractivity contribution >= 4 is 17.8 Å². The lowest BCUT2D eigenvalue weighted by Gasteiger charge is -2.49. The van der Waals surface area contributed by atoms with Gasteiger partial charge in [-0.1, -0.05) is 36.4 Å². The summed E-state index contributed by atoms with van der Waals surface area (Å²) in [4.78, 5) is 35.2. The van der Waals surface area contributed by atoms with E-state index in [0.717, 1.165) is 0 Å². The van der Waals surface area contributed by atoms with Crippen LogP contribution in [0, 0.1) is 17.3 Å². The molecule has 27 heavy (non-hydrogen) atoms. The van der Waals surface area contributed by atoms with Gasteiger partial charge in [0.2, 0.25) is 5.91 Å². The topological polar surface area (TPSA) is 127 Å². The van der Waals surface area contributed by atoms with E-state index in [1.807, 2.05) is 18.2 Å². The van der Waals surface area contributed by atoms with E-state index in [0.29, 0.717) is 17.1 Å². The zero-order chi connectivity index (χ0) is 19.6. The summed E-state index contributed by atoms with van der Waals surface area (Å²) in [6.07, 6.45) is -0.125. The van der Waals surface area contributed by atoms with Gasteiger partial charge >= 0.3 is 11.9 Å². The van der Waals surface area contributed by atoms with E-state index < -0.39 is 35.1 Å². The lowest BCUT2D eigenvalue weighted by atomic mass is 9.51. The Balaban J connectivity index is 1.94. The Morgan fingerprint density at radius 2 is 1.63 bits per heavy atom. The molecule has 1 aliphatic rings. The third kappa shape index (κ3) is 3.36. The maximum absolute atomic E-state index is 12.2. The zero-order valence-electron chi connectivity index (χ0n) is 14.4. The van der Waals surface area contributed by atoms with Gasteiger partial charge in [0.25, 0.3) is 0 Å². The van der Waals surface area contributed by atoms with E-state index in [-0.39, 0.29) is 12.8 Å². The van der Waals surface area contributed by atoms with Crippen LogP contribution < -0.4 is 10.5 Å². The number of hydrogen-bond acceptors (Lipinski definition) is 4. The fourth-order valence-electron chi connectivity index (χ4n) is 3.73. The van der Waals surface area contributed by atoms with Crippen LogP contribution in [-0.4, -0.2) is 28.1 Å². The molecule has 3 atom stereocenters. The van der Waals surface area contributed by atoms with Crippen molar-refractivity contribution in [3.05, 3.63) is 60.2 Å². The van der Waals surface area contributed by atoms with Crippen molar-refractivity contribution in [2.75, 3.05) is 0 Å². The molecule has 1 amide bonds. The molecule has 0 saturated heterocycles. The van der Waals surface area contributed by atoms with Gasteiger partial charge in [-0.15, -0.1) is 0 Å². The smallest absolute Gasteiger partial charge is 0.308 e. The second-order valence-electron chi connectivity index (χ2n) is 6.68. The molecule has 0 bridgehead atoms. The van der Waals surface area contributed by atoms with Crippen molar-refractivity contribution in [1.29, 1.82) is 0 Å². The molecule has 0 radical (unpaired) electrons. The summed E-state index contributed by atoms with van der Waals surface area (Å²) >= 11 is 0. The molecule has 1 aliphatic carbocycles. The predicted molar refractivity (Wildman–Crippen MR) is 95.2 cm³/mol. The number of para-hydroxylation sites is 2. The van der Waals surface area contributed by atoms with Crippen LogP contribution in [0.4, 0.5) is 0 Å². The first kappa shape index (κ1) is 18.4. The second-order valence-corrected chi connectivity index (χ2v) is 6.68. The maximum atomic E-state index is 12.2. The first-order valence-corrected chi connectivity index (χ1v) is 8.41. The highest BCUT2D eigenvalue weighted by Gasteiger charge is 2.64. The van der Waals surface area contributed by atoms with Gasteiger partial charge in [-0.05, 0) is 36.6 Å². The van der Waals surface area contributed by atoms with Gasteiger partial charge in [0, 0.05) is 0 Å². The monoisotopic (exact) mass is 369 g/mol. The normalized spacial score (nSPS) is 23.9. The van der Waals surface area contributed by atoms with Crippen molar-refractivity contribution in [3.8, 4) is 11.5 Å². The molecule has 0 aliphatic heterocycles. The number of ether oxygens (including phenoxy) is 1. The van der Waals surface area contributed by atoms with Gasteiger partial charge in [-0.25, -0.2) is 0 Å². The molecule has 7 nitrogen and oxygen atoms in total. The zero-order valence-corrected chi connectivity index (χ0v) is 14.4. The Kier molecular flexibility index (Phi) is 4.85. The van der Waals surface area contributed by atoms with Gasteiger partial charge in [-0.2, -0.15) is 0 Å². The van der Waals surface area contributed by atoms with E-state index in [2.05, 4.69) is 0 Å². The number of aliphatic carboxylic acids is 2. The van der Waals surface area contributed by atoms with E-state index >= 15 is 0 Å². The van der Waals surface area contributed by atoms with Crippen molar-refractivity contribution in [2.45, 2.75) is 12.8 Å². The van der Waals surface area contributed by atoms with Gasteiger partial charge in [0.15, 0.2) is 0 Å². The van der Waals surface area contributed by atoms with Gasteiger partial charge in [0.1, 0.15) is 11.5 Å². The fourth-order valence-corrected chi connectivity index (χ4v) is 3.73. The van der Waals surface area contributed by atoms with Crippen LogP contribution in [0.25, 0.3) is 0 Å². The predicted octanol–water partition coefficient (Wildman–Crippen LogP) is 2.30. The Bertz CT molecular complexity index is 881. The number of nitrogens with two attached hydrogens (primary N) is 1. The van der Waals surface area contributed by atoms with Crippen molar-refractivity contribution in [3.63, 3.8) is 0 Å². The number of amides is 1. The first-order chi connectivity index (χ1) is 12.8. The summed E-state index contributed by atoms with van der Waals surface area (Å²) in [5, 5.41) is 18.8. The minimum Gasteiger partial charge on any atom is -0.481 e. The van der Waals surface area contributed by atoms with E-state index in [1.54, 1.807) is 36.4 Å². The number of carboxylic acids is 2. The average molecular weight is 369 g/mol. The molecule has 3 rings (SSSR count). The molecule has 3 unspecified atom stereocenters. The highest BCUT2D eigenvalue weighted by Crippen LogP contribution is 2.54. The fraction of sp³-hybridized carbons (Fsp3) is 0.250. The SMILES string of the molecule is NC(=O)C1(Cc2ccccc2Oc2ccccc2)CC(C(=O)O)C1C(=O)O. The number of carboxylic acid groups (broad SMARTS) is 2. The second kappa shape index (κ2) is 7.11. The molecule has 1 fully saturated rings. The Morgan fingerprint density at radius 1 is 1.00 bits per heavy atom. The van der Waals surface area contributed by atoms with E-state index in [1.165, 1.54) is 0 Å². The molecule has 1 saturated carbocycles. The third-order valence-electron chi connectivity index (χ3n) is 5.11. The summed E-state index contributed by atoms with van der Waals surface area (Å²) in [6, 6.07) is 15.9. The highest BCUT2D eigenvalue weighted by atomic mass is 16.5. The molecule has 4 N–H and O–H groups in total. The molecule has 0 heterocycles. The molecule has 7 heteroatoms. The molecular weight excluding hydrogens is 350 g/mol. The van der Waals surface area contributed by atoms with Crippen LogP contribution in [0.15, 0.2) is 54.6 Å². The quantitative estimate of drug-likeness (QED) is 0.687. The van der Waals surface area contributed by atoms with E-state index in [4.69, 9.17) is 10.5 Å². The average Bonchev–Trinajstić information content (AvgIpc) is 2.59. The Labute approximate surface area is 155 Å². The van der Waals surface area contributed by atoms with Crippen LogP contribution in [0.5, 0.6) is 11.5 Å². The standard InChI is InChI=1S/C20H19NO6/c21-19(26)20(11-14(17(22)23)16(20)18(24)25)10-12-6-4-5-9-15(12)27-13-7-2-1-3-8-13/h1-9,14,16H,10-11H2,(H2,21,26)(H,22,23)(H,24,25). The summed E-state index contributed by atoms with van der Waals surface area (Å²) < 4.78 is 5.86. The van der Waals surface area contributed by atoms with Crippen LogP contribution in [0.3, 0.4) is 0 Å². The lowest BCUT2D eigenvalue weighted by molar-refractivity contribution is -0.180. The minimum absolute atomic E-state index is 0.00785. The highest BCUT2D eigenvalue weighted by molar-refractivity contribution is 5.94. The summed E-state index contributed by atoms with van der Waals surface area (Å²) in [6.45, 7) is 0. The summed E-state index contributed by atoms with van der Waals surface area (Å²) in [5.74, 6) is -4.87. The minimum atomic E-state index is -1.47. The van der Waals surface area contributed by atoms with Gasteiger partial charge in [-0.3, -0.25) is 14.4 Å². The third-order valence-corrected chi connectivity index (χ3v) is 5.11. The number of carbonyl (C=O) groups excluding carboxylic acids is 1. The molecular formula is C20H19NO6.